The van der Waals surface area contributed by atoms with Gasteiger partial charge in [-0.3, -0.25) is 0 Å². The number of hydrogen-bond donors (Lipinski definition) is 2. The van der Waals surface area contributed by atoms with E-state index in [1.807, 2.05) is 30.3 Å². The van der Waals surface area contributed by atoms with Gasteiger partial charge in [0.15, 0.2) is 0 Å². The third kappa shape index (κ3) is 3.59. The molecule has 2 aromatic rings. The topological polar surface area (TPSA) is 66.3 Å². The van der Waals surface area contributed by atoms with E-state index in [-0.39, 0.29) is 0 Å². The zero-order valence-electron chi connectivity index (χ0n) is 11.8. The summed E-state index contributed by atoms with van der Waals surface area (Å²) in [5.74, 6) is 0.933. The standard InChI is InChI=1S/C15H18N4O/c1-19(2)10-6-9-17-15-13(11-16)18-14(20-15)12-7-4-3-5-8-12/h3-5,7-8,17H,6,9-10H2,1-2H3/p+1. The van der Waals surface area contributed by atoms with Gasteiger partial charge in [0.05, 0.1) is 20.6 Å². The van der Waals surface area contributed by atoms with Crippen molar-refractivity contribution < 1.29 is 9.32 Å². The highest BCUT2D eigenvalue weighted by Crippen LogP contribution is 2.24. The molecular weight excluding hydrogens is 252 g/mol. The first kappa shape index (κ1) is 14.1. The second kappa shape index (κ2) is 6.73. The van der Waals surface area contributed by atoms with Crippen LogP contribution in [0.1, 0.15) is 12.1 Å². The minimum atomic E-state index is 0.307. The molecule has 104 valence electrons. The molecule has 0 saturated heterocycles. The summed E-state index contributed by atoms with van der Waals surface area (Å²) in [6, 6.07) is 11.6. The number of hydrogen-bond acceptors (Lipinski definition) is 4. The lowest BCUT2D eigenvalue weighted by Crippen LogP contribution is -3.05. The second-order valence-electron chi connectivity index (χ2n) is 4.91. The summed E-state index contributed by atoms with van der Waals surface area (Å²) < 4.78 is 5.65. The quantitative estimate of drug-likeness (QED) is 0.774. The molecule has 0 unspecified atom stereocenters. The minimum Gasteiger partial charge on any atom is -0.419 e. The monoisotopic (exact) mass is 271 g/mol. The molecule has 0 atom stereocenters. The molecule has 1 heterocycles. The molecule has 0 spiro atoms. The SMILES string of the molecule is C[NH+](C)CCCNc1oc(-c2ccccc2)nc1C#N. The maximum Gasteiger partial charge on any atom is 0.232 e. The molecular formula is C15H19N4O+. The average Bonchev–Trinajstić information content (AvgIpc) is 2.87. The molecule has 0 radical (unpaired) electrons. The number of nitriles is 1. The molecule has 0 amide bonds. The van der Waals surface area contributed by atoms with Gasteiger partial charge in [-0.1, -0.05) is 18.2 Å². The number of benzene rings is 1. The van der Waals surface area contributed by atoms with Crippen molar-refractivity contribution in [1.29, 1.82) is 5.26 Å². The molecule has 5 nitrogen and oxygen atoms in total. The van der Waals surface area contributed by atoms with Crippen LogP contribution in [-0.2, 0) is 0 Å². The lowest BCUT2D eigenvalue weighted by molar-refractivity contribution is -0.858. The predicted molar refractivity (Wildman–Crippen MR) is 77.4 cm³/mol. The molecule has 0 aliphatic carbocycles. The van der Waals surface area contributed by atoms with Crippen LogP contribution in [0.4, 0.5) is 5.88 Å². The van der Waals surface area contributed by atoms with Crippen molar-refractivity contribution in [2.45, 2.75) is 6.42 Å². The van der Waals surface area contributed by atoms with Crippen molar-refractivity contribution in [2.75, 3.05) is 32.5 Å². The van der Waals surface area contributed by atoms with Gasteiger partial charge < -0.3 is 14.6 Å². The smallest absolute Gasteiger partial charge is 0.232 e. The summed E-state index contributed by atoms with van der Waals surface area (Å²) >= 11 is 0. The maximum absolute atomic E-state index is 9.11. The van der Waals surface area contributed by atoms with Crippen molar-refractivity contribution in [3.63, 3.8) is 0 Å². The Morgan fingerprint density at radius 3 is 2.70 bits per heavy atom. The molecule has 2 N–H and O–H groups in total. The predicted octanol–water partition coefficient (Wildman–Crippen LogP) is 1.16. The highest BCUT2D eigenvalue weighted by molar-refractivity contribution is 5.58. The van der Waals surface area contributed by atoms with Crippen LogP contribution in [0.25, 0.3) is 11.5 Å². The zero-order valence-corrected chi connectivity index (χ0v) is 11.8. The molecule has 0 aliphatic rings. The average molecular weight is 271 g/mol. The Balaban J connectivity index is 2.06. The zero-order chi connectivity index (χ0) is 14.4. The van der Waals surface area contributed by atoms with Crippen molar-refractivity contribution in [3.8, 4) is 17.5 Å². The number of nitrogens with zero attached hydrogens (tertiary/aromatic N) is 2. The van der Waals surface area contributed by atoms with E-state index in [0.717, 1.165) is 25.1 Å². The van der Waals surface area contributed by atoms with Gasteiger partial charge >= 0.3 is 0 Å². The van der Waals surface area contributed by atoms with Crippen LogP contribution >= 0.6 is 0 Å². The van der Waals surface area contributed by atoms with Gasteiger partial charge in [-0.25, -0.2) is 0 Å². The molecule has 0 saturated carbocycles. The van der Waals surface area contributed by atoms with Crippen LogP contribution in [0, 0.1) is 11.3 Å². The Morgan fingerprint density at radius 1 is 1.30 bits per heavy atom. The molecule has 20 heavy (non-hydrogen) atoms. The first-order chi connectivity index (χ1) is 9.70. The highest BCUT2D eigenvalue weighted by atomic mass is 16.4. The summed E-state index contributed by atoms with van der Waals surface area (Å²) in [5.41, 5.74) is 1.18. The van der Waals surface area contributed by atoms with Crippen LogP contribution in [0.3, 0.4) is 0 Å². The summed E-state index contributed by atoms with van der Waals surface area (Å²) in [4.78, 5) is 5.62. The Kier molecular flexibility index (Phi) is 4.75. The Bertz CT molecular complexity index is 584. The normalized spacial score (nSPS) is 10.5. The van der Waals surface area contributed by atoms with E-state index < -0.39 is 0 Å². The van der Waals surface area contributed by atoms with E-state index in [0.29, 0.717) is 17.5 Å². The largest absolute Gasteiger partial charge is 0.419 e. The summed E-state index contributed by atoms with van der Waals surface area (Å²) in [7, 11) is 4.23. The molecule has 2 rings (SSSR count). The number of anilines is 1. The third-order valence-corrected chi connectivity index (χ3v) is 2.89. The molecule has 1 aromatic heterocycles. The van der Waals surface area contributed by atoms with Crippen LogP contribution in [0.5, 0.6) is 0 Å². The van der Waals surface area contributed by atoms with Crippen molar-refractivity contribution in [1.82, 2.24) is 4.98 Å². The van der Waals surface area contributed by atoms with Gasteiger partial charge in [0.25, 0.3) is 0 Å². The maximum atomic E-state index is 9.11. The molecule has 0 aliphatic heterocycles. The van der Waals surface area contributed by atoms with Crippen LogP contribution in [-0.4, -0.2) is 32.2 Å². The summed E-state index contributed by atoms with van der Waals surface area (Å²) in [6.45, 7) is 1.83. The summed E-state index contributed by atoms with van der Waals surface area (Å²) in [5, 5.41) is 12.3. The molecule has 0 fully saturated rings. The van der Waals surface area contributed by atoms with Crippen LogP contribution < -0.4 is 10.2 Å². The van der Waals surface area contributed by atoms with E-state index in [2.05, 4.69) is 30.5 Å². The van der Waals surface area contributed by atoms with Gasteiger partial charge in [-0.15, -0.1) is 0 Å². The number of aromatic nitrogens is 1. The Labute approximate surface area is 118 Å². The molecule has 0 bridgehead atoms. The lowest BCUT2D eigenvalue weighted by atomic mass is 10.2. The fourth-order valence-corrected chi connectivity index (χ4v) is 1.86. The van der Waals surface area contributed by atoms with E-state index >= 15 is 0 Å². The number of rotatable bonds is 6. The highest BCUT2D eigenvalue weighted by Gasteiger charge is 2.13. The fraction of sp³-hybridized carbons (Fsp3) is 0.333. The minimum absolute atomic E-state index is 0.307. The van der Waals surface area contributed by atoms with Crippen molar-refractivity contribution in [2.24, 2.45) is 0 Å². The van der Waals surface area contributed by atoms with E-state index in [9.17, 15) is 0 Å². The number of nitrogens with one attached hydrogen (secondary N) is 2. The number of oxazole rings is 1. The van der Waals surface area contributed by atoms with Gasteiger partial charge in [0, 0.05) is 18.5 Å². The Morgan fingerprint density at radius 2 is 2.05 bits per heavy atom. The number of quaternary nitrogens is 1. The second-order valence-corrected chi connectivity index (χ2v) is 4.91. The van der Waals surface area contributed by atoms with Crippen LogP contribution in [0.2, 0.25) is 0 Å². The van der Waals surface area contributed by atoms with E-state index in [1.54, 1.807) is 0 Å². The van der Waals surface area contributed by atoms with E-state index in [4.69, 9.17) is 9.68 Å². The first-order valence-electron chi connectivity index (χ1n) is 6.70. The van der Waals surface area contributed by atoms with Gasteiger partial charge in [0.2, 0.25) is 17.5 Å². The third-order valence-electron chi connectivity index (χ3n) is 2.89. The van der Waals surface area contributed by atoms with E-state index in [1.165, 1.54) is 4.90 Å². The van der Waals surface area contributed by atoms with Gasteiger partial charge in [0.1, 0.15) is 6.07 Å². The molecule has 1 aromatic carbocycles. The van der Waals surface area contributed by atoms with Gasteiger partial charge in [-0.2, -0.15) is 10.2 Å². The first-order valence-corrected chi connectivity index (χ1v) is 6.70. The Hall–Kier alpha value is -2.32. The fourth-order valence-electron chi connectivity index (χ4n) is 1.86. The van der Waals surface area contributed by atoms with Crippen LogP contribution in [0.15, 0.2) is 34.7 Å². The van der Waals surface area contributed by atoms with Gasteiger partial charge in [-0.05, 0) is 12.1 Å². The summed E-state index contributed by atoms with van der Waals surface area (Å²) in [6.07, 6.45) is 1.01. The molecule has 5 heteroatoms. The lowest BCUT2D eigenvalue weighted by Gasteiger charge is -2.07. The van der Waals surface area contributed by atoms with Crippen molar-refractivity contribution in [3.05, 3.63) is 36.0 Å². The van der Waals surface area contributed by atoms with Crippen molar-refractivity contribution >= 4 is 5.88 Å².